The number of halogens is 1. The molecular formula is C14H14ClOPS. The van der Waals surface area contributed by atoms with Crippen LogP contribution in [0.5, 0.6) is 0 Å². The number of benzene rings is 2. The van der Waals surface area contributed by atoms with Crippen molar-refractivity contribution in [3.63, 3.8) is 0 Å². The molecular weight excluding hydrogens is 283 g/mol. The zero-order valence-corrected chi connectivity index (χ0v) is 12.5. The third-order valence-electron chi connectivity index (χ3n) is 3.18. The van der Waals surface area contributed by atoms with Gasteiger partial charge in [-0.05, 0) is 28.7 Å². The second-order valence-electron chi connectivity index (χ2n) is 4.22. The van der Waals surface area contributed by atoms with Gasteiger partial charge in [-0.3, -0.25) is 0 Å². The van der Waals surface area contributed by atoms with Gasteiger partial charge in [0.2, 0.25) is 0 Å². The Morgan fingerprint density at radius 3 is 1.67 bits per heavy atom. The van der Waals surface area contributed by atoms with Gasteiger partial charge in [-0.2, -0.15) is 0 Å². The lowest BCUT2D eigenvalue weighted by atomic mass is 9.92. The quantitative estimate of drug-likeness (QED) is 0.711. The average molecular weight is 297 g/mol. The summed E-state index contributed by atoms with van der Waals surface area (Å²) in [6, 6.07) is 19.8. The van der Waals surface area contributed by atoms with Gasteiger partial charge in [0, 0.05) is 10.6 Å². The summed E-state index contributed by atoms with van der Waals surface area (Å²) in [4.78, 5) is 0. The van der Waals surface area contributed by atoms with E-state index in [1.165, 1.54) is 0 Å². The minimum absolute atomic E-state index is 0.528. The predicted octanol–water partition coefficient (Wildman–Crippen LogP) is 5.31. The van der Waals surface area contributed by atoms with E-state index in [4.69, 9.17) is 10.7 Å². The van der Waals surface area contributed by atoms with Crippen LogP contribution in [0.3, 0.4) is 0 Å². The standard InChI is InChI=1S/C14H14ClOPS/c1-14(17(16)18-15,12-8-4-2-5-9-12)13-10-6-3-7-11-13/h2-11,17H,1H3. The van der Waals surface area contributed by atoms with Crippen molar-refractivity contribution in [2.45, 2.75) is 12.1 Å². The molecule has 0 spiro atoms. The summed E-state index contributed by atoms with van der Waals surface area (Å²) >= 11 is 0. The molecule has 4 heteroatoms. The summed E-state index contributed by atoms with van der Waals surface area (Å²) in [5.41, 5.74) is 2.07. The second kappa shape index (κ2) is 5.97. The molecule has 2 aromatic carbocycles. The van der Waals surface area contributed by atoms with E-state index < -0.39 is 12.2 Å². The molecule has 0 aliphatic rings. The first kappa shape index (κ1) is 13.7. The fraction of sp³-hybridized carbons (Fsp3) is 0.143. The zero-order chi connectivity index (χ0) is 13.0. The molecule has 0 N–H and O–H groups in total. The van der Waals surface area contributed by atoms with Gasteiger partial charge < -0.3 is 4.57 Å². The SMILES string of the molecule is CC(c1ccccc1)(c1ccccc1)[PH](=O)SCl. The molecule has 0 saturated heterocycles. The van der Waals surface area contributed by atoms with E-state index in [9.17, 15) is 4.57 Å². The van der Waals surface area contributed by atoms with Crippen LogP contribution < -0.4 is 0 Å². The average Bonchev–Trinajstić information content (AvgIpc) is 2.47. The fourth-order valence-corrected chi connectivity index (χ4v) is 5.54. The van der Waals surface area contributed by atoms with Gasteiger partial charge in [-0.15, -0.1) is 0 Å². The van der Waals surface area contributed by atoms with Crippen molar-refractivity contribution >= 4 is 28.3 Å². The first-order valence-electron chi connectivity index (χ1n) is 5.63. The van der Waals surface area contributed by atoms with Gasteiger partial charge in [-0.1, -0.05) is 60.7 Å². The van der Waals surface area contributed by atoms with Crippen molar-refractivity contribution in [3.05, 3.63) is 71.8 Å². The molecule has 94 valence electrons. The van der Waals surface area contributed by atoms with Crippen LogP contribution in [0.1, 0.15) is 18.1 Å². The molecule has 0 radical (unpaired) electrons. The molecule has 0 aromatic heterocycles. The molecule has 0 bridgehead atoms. The highest BCUT2D eigenvalue weighted by molar-refractivity contribution is 8.63. The molecule has 1 nitrogen and oxygen atoms in total. The summed E-state index contributed by atoms with van der Waals surface area (Å²) in [6.07, 6.45) is 0. The van der Waals surface area contributed by atoms with Crippen LogP contribution in [0, 0.1) is 0 Å². The molecule has 0 aliphatic carbocycles. The van der Waals surface area contributed by atoms with Gasteiger partial charge in [0.05, 0.1) is 5.16 Å². The minimum Gasteiger partial charge on any atom is -0.313 e. The summed E-state index contributed by atoms with van der Waals surface area (Å²) in [5, 5.41) is -0.528. The van der Waals surface area contributed by atoms with E-state index in [2.05, 4.69) is 0 Å². The normalized spacial score (nSPS) is 13.2. The Morgan fingerprint density at radius 1 is 0.944 bits per heavy atom. The van der Waals surface area contributed by atoms with Crippen LogP contribution in [-0.4, -0.2) is 0 Å². The fourth-order valence-electron chi connectivity index (χ4n) is 2.02. The summed E-state index contributed by atoms with van der Waals surface area (Å²) < 4.78 is 12.5. The molecule has 0 amide bonds. The van der Waals surface area contributed by atoms with E-state index in [1.807, 2.05) is 67.6 Å². The van der Waals surface area contributed by atoms with Gasteiger partial charge >= 0.3 is 0 Å². The molecule has 1 atom stereocenters. The van der Waals surface area contributed by atoms with E-state index in [0.29, 0.717) is 0 Å². The van der Waals surface area contributed by atoms with Crippen molar-refractivity contribution in [2.75, 3.05) is 0 Å². The lowest BCUT2D eigenvalue weighted by molar-refractivity contribution is 0.579. The van der Waals surface area contributed by atoms with Crippen LogP contribution >= 0.6 is 28.3 Å². The Morgan fingerprint density at radius 2 is 1.33 bits per heavy atom. The van der Waals surface area contributed by atoms with E-state index in [0.717, 1.165) is 21.7 Å². The molecule has 0 heterocycles. The lowest BCUT2D eigenvalue weighted by Crippen LogP contribution is -2.17. The van der Waals surface area contributed by atoms with Crippen molar-refractivity contribution < 1.29 is 4.57 Å². The third-order valence-corrected chi connectivity index (χ3v) is 7.62. The third kappa shape index (κ3) is 2.51. The summed E-state index contributed by atoms with van der Waals surface area (Å²) in [5.74, 6) is 0. The summed E-state index contributed by atoms with van der Waals surface area (Å²) in [7, 11) is 4.69. The van der Waals surface area contributed by atoms with Crippen molar-refractivity contribution in [1.82, 2.24) is 0 Å². The molecule has 2 rings (SSSR count). The summed E-state index contributed by atoms with van der Waals surface area (Å²) in [6.45, 7) is 1.99. The first-order valence-corrected chi connectivity index (χ1v) is 9.41. The van der Waals surface area contributed by atoms with E-state index in [1.54, 1.807) is 0 Å². The monoisotopic (exact) mass is 296 g/mol. The number of rotatable bonds is 4. The highest BCUT2D eigenvalue weighted by atomic mass is 35.7. The molecule has 0 fully saturated rings. The zero-order valence-electron chi connectivity index (χ0n) is 9.97. The largest absolute Gasteiger partial charge is 0.313 e. The Hall–Kier alpha value is -0.690. The molecule has 0 aliphatic heterocycles. The number of hydrogen-bond donors (Lipinski definition) is 0. The number of hydrogen-bond acceptors (Lipinski definition) is 2. The van der Waals surface area contributed by atoms with Gasteiger partial charge in [0.25, 0.3) is 0 Å². The maximum atomic E-state index is 12.5. The highest BCUT2D eigenvalue weighted by Gasteiger charge is 2.35. The Bertz CT molecular complexity index is 491. The smallest absolute Gasteiger partial charge is 0.156 e. The Labute approximate surface area is 117 Å². The molecule has 1 unspecified atom stereocenters. The van der Waals surface area contributed by atoms with Crippen LogP contribution in [0.15, 0.2) is 60.7 Å². The minimum atomic E-state index is -2.04. The van der Waals surface area contributed by atoms with Gasteiger partial charge in [0.15, 0.2) is 7.00 Å². The molecule has 18 heavy (non-hydrogen) atoms. The Balaban J connectivity index is 2.59. The van der Waals surface area contributed by atoms with Crippen LogP contribution in [-0.2, 0) is 9.72 Å². The van der Waals surface area contributed by atoms with Crippen molar-refractivity contribution in [3.8, 4) is 0 Å². The van der Waals surface area contributed by atoms with E-state index in [-0.39, 0.29) is 0 Å². The molecule has 2 aromatic rings. The van der Waals surface area contributed by atoms with Crippen LogP contribution in [0.25, 0.3) is 0 Å². The topological polar surface area (TPSA) is 17.1 Å². The maximum absolute atomic E-state index is 12.5. The van der Waals surface area contributed by atoms with Gasteiger partial charge in [-0.25, -0.2) is 0 Å². The first-order chi connectivity index (χ1) is 8.69. The van der Waals surface area contributed by atoms with E-state index >= 15 is 0 Å². The van der Waals surface area contributed by atoms with Crippen LogP contribution in [0.4, 0.5) is 0 Å². The lowest BCUT2D eigenvalue weighted by Gasteiger charge is -2.29. The predicted molar refractivity (Wildman–Crippen MR) is 81.8 cm³/mol. The second-order valence-corrected chi connectivity index (χ2v) is 8.91. The molecule has 0 saturated carbocycles. The maximum Gasteiger partial charge on any atom is 0.156 e. The van der Waals surface area contributed by atoms with Crippen LogP contribution in [0.2, 0.25) is 0 Å². The van der Waals surface area contributed by atoms with Crippen molar-refractivity contribution in [2.24, 2.45) is 0 Å². The van der Waals surface area contributed by atoms with Gasteiger partial charge in [0.1, 0.15) is 0 Å². The highest BCUT2D eigenvalue weighted by Crippen LogP contribution is 2.60. The Kier molecular flexibility index (Phi) is 4.55. The van der Waals surface area contributed by atoms with Crippen molar-refractivity contribution in [1.29, 1.82) is 0 Å².